The molecule has 0 spiro atoms. The third kappa shape index (κ3) is 4.04. The topological polar surface area (TPSA) is 15.7 Å². The van der Waals surface area contributed by atoms with Crippen LogP contribution in [0.1, 0.15) is 50.3 Å². The van der Waals surface area contributed by atoms with Gasteiger partial charge < -0.3 is 14.5 Å². The molecule has 0 atom stereocenters. The van der Waals surface area contributed by atoms with Crippen molar-refractivity contribution >= 4 is 34.6 Å². The number of nitrogens with zero attached hydrogens (tertiary/aromatic N) is 2. The summed E-state index contributed by atoms with van der Waals surface area (Å²) < 4.78 is 6.53. The van der Waals surface area contributed by atoms with E-state index in [0.717, 1.165) is 65.7 Å². The maximum atomic E-state index is 6.71. The molecule has 4 rings (SSSR count). The molecule has 3 nitrogen and oxygen atoms in total. The second kappa shape index (κ2) is 9.64. The number of benzene rings is 3. The molecule has 0 aromatic heterocycles. The van der Waals surface area contributed by atoms with Gasteiger partial charge in [-0.2, -0.15) is 0 Å². The summed E-state index contributed by atoms with van der Waals surface area (Å²) in [6, 6.07) is 18.7. The maximum Gasteiger partial charge on any atom is 0.133 e. The molecule has 0 radical (unpaired) electrons. The lowest BCUT2D eigenvalue weighted by atomic mass is 9.82. The van der Waals surface area contributed by atoms with Crippen LogP contribution in [-0.2, 0) is 0 Å². The first-order chi connectivity index (χ1) is 15.5. The molecule has 0 amide bonds. The predicted molar refractivity (Wildman–Crippen MR) is 137 cm³/mol. The Labute approximate surface area is 201 Å². The summed E-state index contributed by atoms with van der Waals surface area (Å²) in [4.78, 5) is 4.64. The van der Waals surface area contributed by atoms with Gasteiger partial charge in [-0.05, 0) is 52.0 Å². The van der Waals surface area contributed by atoms with Gasteiger partial charge in [0.1, 0.15) is 11.5 Å². The fourth-order valence-electron chi connectivity index (χ4n) is 4.65. The summed E-state index contributed by atoms with van der Waals surface area (Å²) in [7, 11) is 0. The van der Waals surface area contributed by atoms with E-state index in [1.807, 2.05) is 18.2 Å². The van der Waals surface area contributed by atoms with Crippen LogP contribution < -0.4 is 14.5 Å². The van der Waals surface area contributed by atoms with Crippen LogP contribution >= 0.6 is 23.2 Å². The second-order valence-corrected chi connectivity index (χ2v) is 8.77. The van der Waals surface area contributed by atoms with Crippen LogP contribution in [0.2, 0.25) is 10.0 Å². The van der Waals surface area contributed by atoms with E-state index in [0.29, 0.717) is 10.0 Å². The van der Waals surface area contributed by atoms with E-state index in [4.69, 9.17) is 27.9 Å². The quantitative estimate of drug-likeness (QED) is 0.273. The van der Waals surface area contributed by atoms with Gasteiger partial charge in [-0.25, -0.2) is 0 Å². The predicted octanol–water partition coefficient (Wildman–Crippen LogP) is 7.97. The molecule has 0 N–H and O–H groups in total. The molecule has 0 saturated carbocycles. The highest BCUT2D eigenvalue weighted by Gasteiger charge is 2.32. The lowest BCUT2D eigenvalue weighted by molar-refractivity contribution is 0.453. The van der Waals surface area contributed by atoms with E-state index in [1.165, 1.54) is 0 Å². The van der Waals surface area contributed by atoms with Crippen LogP contribution in [0, 0.1) is 0 Å². The van der Waals surface area contributed by atoms with Crippen molar-refractivity contribution in [2.45, 2.75) is 33.6 Å². The minimum Gasteiger partial charge on any atom is -0.457 e. The van der Waals surface area contributed by atoms with Crippen LogP contribution in [-0.4, -0.2) is 26.2 Å². The summed E-state index contributed by atoms with van der Waals surface area (Å²) in [5.41, 5.74) is 5.40. The van der Waals surface area contributed by atoms with Crippen molar-refractivity contribution < 1.29 is 4.74 Å². The molecular formula is C27H30Cl2N2O. The van der Waals surface area contributed by atoms with Crippen molar-refractivity contribution in [3.05, 3.63) is 81.3 Å². The Bertz CT molecular complexity index is 1030. The van der Waals surface area contributed by atoms with E-state index >= 15 is 0 Å². The fraction of sp³-hybridized carbons (Fsp3) is 0.333. The Morgan fingerprint density at radius 2 is 1.12 bits per heavy atom. The standard InChI is InChI=1S/C27H30Cl2N2O/c1-5-30(6-2)18-12-14-20-24(16-18)32-25-17-19(31(7-3)8-4)13-15-21(25)26(20)27-22(28)10-9-11-23(27)29/h9-17,26H,5-8H2,1-4H3. The number of rotatable bonds is 7. The lowest BCUT2D eigenvalue weighted by Gasteiger charge is -2.32. The van der Waals surface area contributed by atoms with Crippen LogP contribution in [0.5, 0.6) is 11.5 Å². The first-order valence-electron chi connectivity index (χ1n) is 11.4. The summed E-state index contributed by atoms with van der Waals surface area (Å²) in [6.45, 7) is 12.4. The zero-order valence-corrected chi connectivity index (χ0v) is 20.7. The molecule has 0 saturated heterocycles. The van der Waals surface area contributed by atoms with Crippen molar-refractivity contribution in [3.63, 3.8) is 0 Å². The Balaban J connectivity index is 1.92. The van der Waals surface area contributed by atoms with Crippen molar-refractivity contribution in [1.29, 1.82) is 0 Å². The number of hydrogen-bond acceptors (Lipinski definition) is 3. The molecular weight excluding hydrogens is 439 g/mol. The van der Waals surface area contributed by atoms with Gasteiger partial charge in [-0.15, -0.1) is 0 Å². The average molecular weight is 469 g/mol. The van der Waals surface area contributed by atoms with Crippen LogP contribution in [0.3, 0.4) is 0 Å². The van der Waals surface area contributed by atoms with Gasteiger partial charge in [-0.3, -0.25) is 0 Å². The molecule has 5 heteroatoms. The summed E-state index contributed by atoms with van der Waals surface area (Å²) in [5.74, 6) is 1.63. The number of ether oxygens (including phenoxy) is 1. The normalized spacial score (nSPS) is 12.7. The molecule has 0 bridgehead atoms. The monoisotopic (exact) mass is 468 g/mol. The zero-order chi connectivity index (χ0) is 22.8. The van der Waals surface area contributed by atoms with E-state index in [-0.39, 0.29) is 5.92 Å². The third-order valence-electron chi connectivity index (χ3n) is 6.38. The largest absolute Gasteiger partial charge is 0.457 e. The Morgan fingerprint density at radius 1 is 0.688 bits per heavy atom. The van der Waals surface area contributed by atoms with Crippen LogP contribution in [0.15, 0.2) is 54.6 Å². The van der Waals surface area contributed by atoms with Gasteiger partial charge in [0.2, 0.25) is 0 Å². The zero-order valence-electron chi connectivity index (χ0n) is 19.2. The highest BCUT2D eigenvalue weighted by atomic mass is 35.5. The SMILES string of the molecule is CCN(CC)c1ccc2c(c1)Oc1cc(N(CC)CC)ccc1C2c1c(Cl)cccc1Cl. The average Bonchev–Trinajstić information content (AvgIpc) is 2.80. The highest BCUT2D eigenvalue weighted by molar-refractivity contribution is 6.36. The molecule has 3 aromatic carbocycles. The van der Waals surface area contributed by atoms with Crippen molar-refractivity contribution in [1.82, 2.24) is 0 Å². The molecule has 1 aliphatic heterocycles. The van der Waals surface area contributed by atoms with Gasteiger partial charge >= 0.3 is 0 Å². The number of anilines is 2. The first kappa shape index (κ1) is 22.8. The molecule has 0 fully saturated rings. The summed E-state index contributed by atoms with van der Waals surface area (Å²) in [6.07, 6.45) is 0. The minimum atomic E-state index is -0.0912. The number of halogens is 2. The van der Waals surface area contributed by atoms with Gasteiger partial charge in [0, 0.05) is 82.3 Å². The van der Waals surface area contributed by atoms with Gasteiger partial charge in [0.05, 0.1) is 0 Å². The first-order valence-corrected chi connectivity index (χ1v) is 12.2. The highest BCUT2D eigenvalue weighted by Crippen LogP contribution is 2.51. The Morgan fingerprint density at radius 3 is 1.53 bits per heavy atom. The van der Waals surface area contributed by atoms with E-state index in [1.54, 1.807) is 0 Å². The smallest absolute Gasteiger partial charge is 0.133 e. The van der Waals surface area contributed by atoms with E-state index in [2.05, 4.69) is 73.9 Å². The molecule has 0 unspecified atom stereocenters. The number of fused-ring (bicyclic) bond motifs is 2. The van der Waals surface area contributed by atoms with E-state index < -0.39 is 0 Å². The molecule has 1 aliphatic rings. The van der Waals surface area contributed by atoms with Gasteiger partial charge in [0.25, 0.3) is 0 Å². The van der Waals surface area contributed by atoms with Crippen molar-refractivity contribution in [2.75, 3.05) is 36.0 Å². The Kier molecular flexibility index (Phi) is 6.88. The molecule has 0 aliphatic carbocycles. The molecule has 168 valence electrons. The third-order valence-corrected chi connectivity index (χ3v) is 7.04. The molecule has 3 aromatic rings. The maximum absolute atomic E-state index is 6.71. The second-order valence-electron chi connectivity index (χ2n) is 7.96. The van der Waals surface area contributed by atoms with Crippen LogP contribution in [0.4, 0.5) is 11.4 Å². The molecule has 1 heterocycles. The lowest BCUT2D eigenvalue weighted by Crippen LogP contribution is -2.23. The van der Waals surface area contributed by atoms with Crippen LogP contribution in [0.25, 0.3) is 0 Å². The fourth-order valence-corrected chi connectivity index (χ4v) is 5.27. The summed E-state index contributed by atoms with van der Waals surface area (Å²) in [5, 5.41) is 1.34. The van der Waals surface area contributed by atoms with E-state index in [9.17, 15) is 0 Å². The summed E-state index contributed by atoms with van der Waals surface area (Å²) >= 11 is 13.4. The van der Waals surface area contributed by atoms with Crippen molar-refractivity contribution in [3.8, 4) is 11.5 Å². The van der Waals surface area contributed by atoms with Crippen molar-refractivity contribution in [2.24, 2.45) is 0 Å². The number of hydrogen-bond donors (Lipinski definition) is 0. The Hall–Kier alpha value is -2.36. The minimum absolute atomic E-state index is 0.0912. The van der Waals surface area contributed by atoms with Gasteiger partial charge in [0.15, 0.2) is 0 Å². The molecule has 32 heavy (non-hydrogen) atoms. The van der Waals surface area contributed by atoms with Gasteiger partial charge in [-0.1, -0.05) is 41.4 Å².